The number of aromatic nitrogens is 2. The Labute approximate surface area is 203 Å². The number of nitrogens with one attached hydrogen (secondary N) is 1. The summed E-state index contributed by atoms with van der Waals surface area (Å²) in [5.41, 5.74) is 12.2. The Hall–Kier alpha value is -2.46. The second kappa shape index (κ2) is 9.65. The number of hydrogen-bond donors (Lipinski definition) is 3. The summed E-state index contributed by atoms with van der Waals surface area (Å²) >= 11 is 0. The summed E-state index contributed by atoms with van der Waals surface area (Å²) in [6.45, 7) is 8.43. The fourth-order valence-corrected chi connectivity index (χ4v) is 5.82. The van der Waals surface area contributed by atoms with Crippen molar-refractivity contribution in [3.05, 3.63) is 47.3 Å². The fraction of sp³-hybridized carbons (Fsp3) is 0.480. The van der Waals surface area contributed by atoms with Crippen molar-refractivity contribution in [2.24, 2.45) is 17.5 Å². The Bertz CT molecular complexity index is 1250. The zero-order valence-electron chi connectivity index (χ0n) is 20.7. The van der Waals surface area contributed by atoms with Crippen LogP contribution < -0.4 is 16.3 Å². The molecule has 1 fully saturated rings. The van der Waals surface area contributed by atoms with Crippen LogP contribution in [0.15, 0.2) is 36.2 Å². The summed E-state index contributed by atoms with van der Waals surface area (Å²) in [6, 6.07) is 8.57. The number of allylic oxidation sites excluding steroid dienone is 1. The average molecular weight is 485 g/mol. The van der Waals surface area contributed by atoms with Crippen molar-refractivity contribution in [2.45, 2.75) is 45.7 Å². The Morgan fingerprint density at radius 3 is 2.62 bits per heavy atom. The highest BCUT2D eigenvalue weighted by molar-refractivity contribution is 7.82. The maximum absolute atomic E-state index is 11.9. The standard InChI is InChI=1S/C25H36N6O2S/c1-16(26)24(30(4)27)18-12-22-23(28-14-18)20-7-6-19(25(2,3)29-34(5)32)13-21(20)31(22)15-17-8-10-33-11-9-17/h6-7,12-14,17,29H,8-11,15,26-27H2,1-5H3/b24-16-. The van der Waals surface area contributed by atoms with E-state index in [-0.39, 0.29) is 0 Å². The zero-order chi connectivity index (χ0) is 24.6. The van der Waals surface area contributed by atoms with Crippen molar-refractivity contribution in [2.75, 3.05) is 26.5 Å². The molecule has 4 rings (SSSR count). The number of nitrogens with two attached hydrogens (primary N) is 2. The van der Waals surface area contributed by atoms with Crippen LogP contribution in [0, 0.1) is 5.92 Å². The SMILES string of the molecule is C/C(N)=C(\c1cnc2c3ccc(C(C)(C)NS(C)=O)cc3n(CC3CCOCC3)c2c1)N(C)N. The average Bonchev–Trinajstić information content (AvgIpc) is 3.05. The summed E-state index contributed by atoms with van der Waals surface area (Å²) in [5.74, 6) is 6.62. The molecule has 3 aromatic rings. The van der Waals surface area contributed by atoms with Gasteiger partial charge in [-0.25, -0.2) is 14.8 Å². The number of rotatable bonds is 7. The van der Waals surface area contributed by atoms with Gasteiger partial charge in [0, 0.05) is 61.4 Å². The maximum Gasteiger partial charge on any atom is 0.0960 e. The normalized spacial score (nSPS) is 17.2. The molecule has 1 aliphatic heterocycles. The van der Waals surface area contributed by atoms with Crippen LogP contribution in [-0.2, 0) is 27.8 Å². The third kappa shape index (κ3) is 4.84. The molecule has 3 heterocycles. The van der Waals surface area contributed by atoms with Gasteiger partial charge in [-0.2, -0.15) is 0 Å². The fourth-order valence-electron chi connectivity index (χ4n) is 4.98. The molecule has 0 radical (unpaired) electrons. The summed E-state index contributed by atoms with van der Waals surface area (Å²) < 4.78 is 23.1. The Morgan fingerprint density at radius 2 is 2.00 bits per heavy atom. The maximum atomic E-state index is 11.9. The molecule has 0 saturated carbocycles. The van der Waals surface area contributed by atoms with Crippen LogP contribution >= 0.6 is 0 Å². The molecule has 0 amide bonds. The molecule has 34 heavy (non-hydrogen) atoms. The Kier molecular flexibility index (Phi) is 7.00. The molecule has 0 spiro atoms. The first-order valence-corrected chi connectivity index (χ1v) is 13.2. The Morgan fingerprint density at radius 1 is 1.29 bits per heavy atom. The van der Waals surface area contributed by atoms with E-state index in [0.717, 1.165) is 71.4 Å². The third-order valence-electron chi connectivity index (χ3n) is 6.60. The molecular weight excluding hydrogens is 448 g/mol. The monoisotopic (exact) mass is 484 g/mol. The predicted molar refractivity (Wildman–Crippen MR) is 140 cm³/mol. The molecular formula is C25H36N6O2S. The van der Waals surface area contributed by atoms with E-state index < -0.39 is 16.5 Å². The minimum Gasteiger partial charge on any atom is -0.401 e. The summed E-state index contributed by atoms with van der Waals surface area (Å²) in [6.07, 6.45) is 5.57. The van der Waals surface area contributed by atoms with Gasteiger partial charge in [-0.15, -0.1) is 0 Å². The van der Waals surface area contributed by atoms with Crippen molar-refractivity contribution in [1.82, 2.24) is 19.3 Å². The van der Waals surface area contributed by atoms with Crippen molar-refractivity contribution in [1.29, 1.82) is 0 Å². The van der Waals surface area contributed by atoms with Crippen LogP contribution in [-0.4, -0.2) is 45.3 Å². The lowest BCUT2D eigenvalue weighted by Gasteiger charge is -2.26. The predicted octanol–water partition coefficient (Wildman–Crippen LogP) is 3.19. The topological polar surface area (TPSA) is 111 Å². The van der Waals surface area contributed by atoms with Gasteiger partial charge >= 0.3 is 0 Å². The van der Waals surface area contributed by atoms with Crippen molar-refractivity contribution >= 4 is 38.6 Å². The molecule has 1 aromatic carbocycles. The van der Waals surface area contributed by atoms with Gasteiger partial charge in [0.1, 0.15) is 0 Å². The van der Waals surface area contributed by atoms with Gasteiger partial charge in [0.15, 0.2) is 0 Å². The lowest BCUT2D eigenvalue weighted by molar-refractivity contribution is 0.0619. The molecule has 5 N–H and O–H groups in total. The number of ether oxygens (including phenoxy) is 1. The van der Waals surface area contributed by atoms with Gasteiger partial charge in [-0.1, -0.05) is 12.1 Å². The zero-order valence-corrected chi connectivity index (χ0v) is 21.5. The molecule has 2 aromatic heterocycles. The first-order valence-electron chi connectivity index (χ1n) is 11.6. The number of hydrogen-bond acceptors (Lipinski definition) is 6. The minimum absolute atomic E-state index is 0.443. The molecule has 9 heteroatoms. The largest absolute Gasteiger partial charge is 0.401 e. The van der Waals surface area contributed by atoms with E-state index in [1.165, 1.54) is 0 Å². The van der Waals surface area contributed by atoms with E-state index in [0.29, 0.717) is 11.6 Å². The second-order valence-electron chi connectivity index (χ2n) is 9.81. The van der Waals surface area contributed by atoms with E-state index in [2.05, 4.69) is 47.4 Å². The van der Waals surface area contributed by atoms with E-state index in [1.807, 2.05) is 13.1 Å². The third-order valence-corrected chi connectivity index (χ3v) is 7.40. The second-order valence-corrected chi connectivity index (χ2v) is 10.9. The summed E-state index contributed by atoms with van der Waals surface area (Å²) in [4.78, 5) is 4.87. The summed E-state index contributed by atoms with van der Waals surface area (Å²) in [7, 11) is 0.655. The highest BCUT2D eigenvalue weighted by atomic mass is 32.2. The molecule has 184 valence electrons. The molecule has 1 atom stereocenters. The lowest BCUT2D eigenvalue weighted by atomic mass is 9.94. The number of fused-ring (bicyclic) bond motifs is 3. The molecule has 8 nitrogen and oxygen atoms in total. The number of benzene rings is 1. The van der Waals surface area contributed by atoms with Gasteiger partial charge in [0.2, 0.25) is 0 Å². The van der Waals surface area contributed by atoms with Crippen LogP contribution in [0.1, 0.15) is 44.7 Å². The highest BCUT2D eigenvalue weighted by Crippen LogP contribution is 2.34. The molecule has 1 unspecified atom stereocenters. The quantitative estimate of drug-likeness (QED) is 0.351. The van der Waals surface area contributed by atoms with E-state index in [4.69, 9.17) is 21.3 Å². The highest BCUT2D eigenvalue weighted by Gasteiger charge is 2.25. The Balaban J connectivity index is 1.93. The summed E-state index contributed by atoms with van der Waals surface area (Å²) in [5, 5.41) is 2.64. The lowest BCUT2D eigenvalue weighted by Crippen LogP contribution is -2.37. The van der Waals surface area contributed by atoms with Crippen LogP contribution in [0.3, 0.4) is 0 Å². The van der Waals surface area contributed by atoms with E-state index >= 15 is 0 Å². The first-order chi connectivity index (χ1) is 16.1. The van der Waals surface area contributed by atoms with Crippen molar-refractivity contribution < 1.29 is 8.95 Å². The molecule has 1 saturated heterocycles. The molecule has 1 aliphatic rings. The number of nitrogens with zero attached hydrogens (tertiary/aromatic N) is 3. The van der Waals surface area contributed by atoms with Crippen molar-refractivity contribution in [3.63, 3.8) is 0 Å². The van der Waals surface area contributed by atoms with Gasteiger partial charge in [-0.05, 0) is 57.2 Å². The van der Waals surface area contributed by atoms with Crippen LogP contribution in [0.4, 0.5) is 0 Å². The minimum atomic E-state index is -1.13. The van der Waals surface area contributed by atoms with Crippen molar-refractivity contribution in [3.8, 4) is 0 Å². The van der Waals surface area contributed by atoms with E-state index in [1.54, 1.807) is 18.3 Å². The van der Waals surface area contributed by atoms with Gasteiger partial charge in [0.25, 0.3) is 0 Å². The smallest absolute Gasteiger partial charge is 0.0960 e. The van der Waals surface area contributed by atoms with Crippen LogP contribution in [0.25, 0.3) is 27.6 Å². The van der Waals surface area contributed by atoms with Gasteiger partial charge in [-0.3, -0.25) is 4.98 Å². The van der Waals surface area contributed by atoms with Gasteiger partial charge < -0.3 is 20.0 Å². The van der Waals surface area contributed by atoms with Crippen LogP contribution in [0.2, 0.25) is 0 Å². The molecule has 0 bridgehead atoms. The number of hydrazine groups is 1. The molecule has 0 aliphatic carbocycles. The first kappa shape index (κ1) is 24.7. The van der Waals surface area contributed by atoms with Gasteiger partial charge in [0.05, 0.1) is 33.2 Å². The van der Waals surface area contributed by atoms with Crippen LogP contribution in [0.5, 0.6) is 0 Å². The number of pyridine rings is 1. The van der Waals surface area contributed by atoms with E-state index in [9.17, 15) is 4.21 Å².